The van der Waals surface area contributed by atoms with Crippen LogP contribution in [0.5, 0.6) is 0 Å². The summed E-state index contributed by atoms with van der Waals surface area (Å²) in [7, 11) is 1.90. The minimum atomic E-state index is 0. The highest BCUT2D eigenvalue weighted by Crippen LogP contribution is 2.30. The lowest BCUT2D eigenvalue weighted by Gasteiger charge is -2.43. The number of benzene rings is 1. The Morgan fingerprint density at radius 2 is 1.93 bits per heavy atom. The van der Waals surface area contributed by atoms with Crippen LogP contribution in [-0.2, 0) is 4.74 Å². The monoisotopic (exact) mass is 532 g/mol. The molecule has 3 rings (SSSR count). The van der Waals surface area contributed by atoms with E-state index >= 15 is 0 Å². The van der Waals surface area contributed by atoms with Gasteiger partial charge in [0.25, 0.3) is 0 Å². The molecule has 0 radical (unpaired) electrons. The molecule has 2 saturated heterocycles. The SMILES string of the molecule is CN=C(NCC1(NC(C)c2ccccc2)CCOCC1)N1CCSC(C)(C)C1.I. The van der Waals surface area contributed by atoms with Gasteiger partial charge in [0, 0.05) is 62.0 Å². The predicted molar refractivity (Wildman–Crippen MR) is 136 cm³/mol. The molecule has 0 saturated carbocycles. The molecule has 164 valence electrons. The Hall–Kier alpha value is -0.510. The van der Waals surface area contributed by atoms with Crippen molar-refractivity contribution in [1.82, 2.24) is 15.5 Å². The third kappa shape index (κ3) is 7.01. The molecule has 1 unspecified atom stereocenters. The van der Waals surface area contributed by atoms with E-state index in [0.29, 0.717) is 6.04 Å². The Morgan fingerprint density at radius 1 is 1.24 bits per heavy atom. The zero-order chi connectivity index (χ0) is 20.0. The average molecular weight is 533 g/mol. The molecule has 2 aliphatic heterocycles. The number of aliphatic imine (C=N–C) groups is 1. The van der Waals surface area contributed by atoms with Crippen LogP contribution >= 0.6 is 35.7 Å². The molecule has 5 nitrogen and oxygen atoms in total. The minimum Gasteiger partial charge on any atom is -0.381 e. The van der Waals surface area contributed by atoms with E-state index < -0.39 is 0 Å². The van der Waals surface area contributed by atoms with Gasteiger partial charge >= 0.3 is 0 Å². The minimum absolute atomic E-state index is 0. The lowest BCUT2D eigenvalue weighted by atomic mass is 9.88. The molecule has 2 aliphatic rings. The van der Waals surface area contributed by atoms with Crippen LogP contribution in [0, 0.1) is 0 Å². The normalized spacial score (nSPS) is 22.5. The van der Waals surface area contributed by atoms with Crippen molar-refractivity contribution in [2.45, 2.75) is 49.9 Å². The summed E-state index contributed by atoms with van der Waals surface area (Å²) in [5.41, 5.74) is 1.34. The maximum atomic E-state index is 5.68. The first-order valence-corrected chi connectivity index (χ1v) is 11.4. The molecule has 0 amide bonds. The van der Waals surface area contributed by atoms with Crippen molar-refractivity contribution in [2.75, 3.05) is 45.6 Å². The summed E-state index contributed by atoms with van der Waals surface area (Å²) in [6.45, 7) is 11.5. The fourth-order valence-corrected chi connectivity index (χ4v) is 5.31. The van der Waals surface area contributed by atoms with Crippen LogP contribution in [0.4, 0.5) is 0 Å². The van der Waals surface area contributed by atoms with E-state index in [0.717, 1.165) is 57.4 Å². The van der Waals surface area contributed by atoms with Crippen molar-refractivity contribution in [3.8, 4) is 0 Å². The predicted octanol–water partition coefficient (Wildman–Crippen LogP) is 3.91. The molecule has 0 aliphatic carbocycles. The van der Waals surface area contributed by atoms with Gasteiger partial charge in [-0.2, -0.15) is 11.8 Å². The maximum absolute atomic E-state index is 5.68. The molecule has 1 aromatic rings. The van der Waals surface area contributed by atoms with Crippen LogP contribution in [0.2, 0.25) is 0 Å². The molecule has 2 heterocycles. The highest BCUT2D eigenvalue weighted by atomic mass is 127. The molecule has 7 heteroatoms. The molecule has 0 bridgehead atoms. The van der Waals surface area contributed by atoms with Crippen LogP contribution in [-0.4, -0.2) is 66.8 Å². The number of nitrogens with zero attached hydrogens (tertiary/aromatic N) is 2. The molecule has 2 N–H and O–H groups in total. The average Bonchev–Trinajstić information content (AvgIpc) is 2.69. The van der Waals surface area contributed by atoms with Crippen LogP contribution in [0.25, 0.3) is 0 Å². The summed E-state index contributed by atoms with van der Waals surface area (Å²) in [5, 5.41) is 7.62. The zero-order valence-electron chi connectivity index (χ0n) is 18.2. The van der Waals surface area contributed by atoms with Crippen LogP contribution in [0.3, 0.4) is 0 Å². The first-order chi connectivity index (χ1) is 13.4. The summed E-state index contributed by atoms with van der Waals surface area (Å²) in [4.78, 5) is 7.00. The molecule has 0 spiro atoms. The molecular weight excluding hydrogens is 495 g/mol. The topological polar surface area (TPSA) is 48.9 Å². The van der Waals surface area contributed by atoms with Crippen molar-refractivity contribution in [2.24, 2.45) is 4.99 Å². The van der Waals surface area contributed by atoms with E-state index in [1.165, 1.54) is 5.56 Å². The van der Waals surface area contributed by atoms with Gasteiger partial charge in [-0.3, -0.25) is 4.99 Å². The first-order valence-electron chi connectivity index (χ1n) is 10.4. The second kappa shape index (κ2) is 11.2. The Morgan fingerprint density at radius 3 is 2.55 bits per heavy atom. The summed E-state index contributed by atoms with van der Waals surface area (Å²) >= 11 is 2.05. The van der Waals surface area contributed by atoms with E-state index in [2.05, 4.69) is 83.4 Å². The number of hydrogen-bond donors (Lipinski definition) is 2. The lowest BCUT2D eigenvalue weighted by molar-refractivity contribution is 0.0352. The van der Waals surface area contributed by atoms with Crippen molar-refractivity contribution in [3.63, 3.8) is 0 Å². The summed E-state index contributed by atoms with van der Waals surface area (Å²) in [6, 6.07) is 11.0. The van der Waals surface area contributed by atoms with E-state index in [4.69, 9.17) is 4.74 Å². The van der Waals surface area contributed by atoms with Crippen molar-refractivity contribution in [1.29, 1.82) is 0 Å². The van der Waals surface area contributed by atoms with Crippen molar-refractivity contribution in [3.05, 3.63) is 35.9 Å². The summed E-state index contributed by atoms with van der Waals surface area (Å²) in [5.74, 6) is 2.17. The standard InChI is InChI=1S/C22H36N4OS.HI/c1-18(19-8-6-5-7-9-19)25-22(10-13-27-14-11-22)16-24-20(23-4)26-12-15-28-21(2,3)17-26;/h5-9,18,25H,10-17H2,1-4H3,(H,23,24);1H. The van der Waals surface area contributed by atoms with E-state index in [1.807, 2.05) is 7.05 Å². The van der Waals surface area contributed by atoms with Gasteiger partial charge in [0.15, 0.2) is 5.96 Å². The summed E-state index contributed by atoms with van der Waals surface area (Å²) < 4.78 is 5.95. The molecule has 2 fully saturated rings. The van der Waals surface area contributed by atoms with Gasteiger partial charge in [-0.25, -0.2) is 0 Å². The zero-order valence-corrected chi connectivity index (χ0v) is 21.4. The molecule has 0 aromatic heterocycles. The molecule has 29 heavy (non-hydrogen) atoms. The Labute approximate surface area is 197 Å². The van der Waals surface area contributed by atoms with Crippen molar-refractivity contribution >= 4 is 41.7 Å². The number of hydrogen-bond acceptors (Lipinski definition) is 4. The number of thioether (sulfide) groups is 1. The van der Waals surface area contributed by atoms with Gasteiger partial charge < -0.3 is 20.3 Å². The fraction of sp³-hybridized carbons (Fsp3) is 0.682. The lowest BCUT2D eigenvalue weighted by Crippen LogP contribution is -2.59. The highest BCUT2D eigenvalue weighted by Gasteiger charge is 2.35. The van der Waals surface area contributed by atoms with Crippen molar-refractivity contribution < 1.29 is 4.74 Å². The van der Waals surface area contributed by atoms with E-state index in [1.54, 1.807) is 0 Å². The van der Waals surface area contributed by atoms with Gasteiger partial charge in [-0.05, 0) is 39.2 Å². The molecule has 1 atom stereocenters. The second-order valence-corrected chi connectivity index (χ2v) is 10.4. The van der Waals surface area contributed by atoms with Crippen LogP contribution in [0.15, 0.2) is 35.3 Å². The maximum Gasteiger partial charge on any atom is 0.193 e. The second-order valence-electron chi connectivity index (χ2n) is 8.60. The van der Waals surface area contributed by atoms with Crippen LogP contribution in [0.1, 0.15) is 45.2 Å². The van der Waals surface area contributed by atoms with Gasteiger partial charge in [0.05, 0.1) is 0 Å². The van der Waals surface area contributed by atoms with E-state index in [9.17, 15) is 0 Å². The molecule has 1 aromatic carbocycles. The Bertz CT molecular complexity index is 649. The Balaban J connectivity index is 0.00000300. The van der Waals surface area contributed by atoms with Gasteiger partial charge in [-0.15, -0.1) is 24.0 Å². The van der Waals surface area contributed by atoms with Gasteiger partial charge in [0.1, 0.15) is 0 Å². The number of halogens is 1. The highest BCUT2D eigenvalue weighted by molar-refractivity contribution is 14.0. The number of ether oxygens (including phenoxy) is 1. The van der Waals surface area contributed by atoms with Crippen LogP contribution < -0.4 is 10.6 Å². The van der Waals surface area contributed by atoms with E-state index in [-0.39, 0.29) is 34.3 Å². The quantitative estimate of drug-likeness (QED) is 0.342. The smallest absolute Gasteiger partial charge is 0.193 e. The molecular formula is C22H37IN4OS. The number of guanidine groups is 1. The number of rotatable bonds is 5. The van der Waals surface area contributed by atoms with Gasteiger partial charge in [0.2, 0.25) is 0 Å². The third-order valence-corrected chi connectivity index (χ3v) is 7.09. The largest absolute Gasteiger partial charge is 0.381 e. The summed E-state index contributed by atoms with van der Waals surface area (Å²) in [6.07, 6.45) is 2.02. The Kier molecular flexibility index (Phi) is 9.57. The fourth-order valence-electron chi connectivity index (χ4n) is 4.20. The van der Waals surface area contributed by atoms with Gasteiger partial charge in [-0.1, -0.05) is 30.3 Å². The number of nitrogens with one attached hydrogen (secondary N) is 2. The first kappa shape index (κ1) is 24.8. The third-order valence-electron chi connectivity index (χ3n) is 5.79.